The minimum atomic E-state index is -0.635. The van der Waals surface area contributed by atoms with E-state index in [1.165, 1.54) is 18.6 Å². The normalized spacial score (nSPS) is 43.2. The van der Waals surface area contributed by atoms with Gasteiger partial charge in [-0.15, -0.1) is 11.8 Å². The molecule has 25 heavy (non-hydrogen) atoms. The first-order valence-electron chi connectivity index (χ1n) is 9.84. The summed E-state index contributed by atoms with van der Waals surface area (Å²) in [5.74, 6) is 3.63. The van der Waals surface area contributed by atoms with Crippen molar-refractivity contribution in [2.24, 2.45) is 29.6 Å². The highest BCUT2D eigenvalue weighted by molar-refractivity contribution is 7.99. The lowest BCUT2D eigenvalue weighted by molar-refractivity contribution is -0.143. The van der Waals surface area contributed by atoms with Crippen LogP contribution in [0.1, 0.15) is 59.3 Å². The number of carbonyl (C=O) groups is 1. The van der Waals surface area contributed by atoms with Crippen molar-refractivity contribution < 1.29 is 9.90 Å². The molecule has 1 heterocycles. The van der Waals surface area contributed by atoms with Gasteiger partial charge in [-0.2, -0.15) is 16.1 Å². The molecule has 2 aliphatic carbocycles. The van der Waals surface area contributed by atoms with Crippen molar-refractivity contribution in [1.82, 2.24) is 21.5 Å². The molecule has 4 N–H and O–H groups in total. The molecule has 3 rings (SSSR count). The van der Waals surface area contributed by atoms with Gasteiger partial charge < -0.3 is 5.11 Å². The van der Waals surface area contributed by atoms with Crippen molar-refractivity contribution in [3.63, 3.8) is 0 Å². The van der Waals surface area contributed by atoms with E-state index in [-0.39, 0.29) is 11.4 Å². The highest BCUT2D eigenvalue weighted by Gasteiger charge is 2.37. The van der Waals surface area contributed by atoms with Crippen molar-refractivity contribution in [2.45, 2.75) is 70.8 Å². The van der Waals surface area contributed by atoms with Gasteiger partial charge in [0.15, 0.2) is 0 Å². The molecular weight excluding hydrogens is 336 g/mol. The molecule has 1 saturated heterocycles. The van der Waals surface area contributed by atoms with Crippen molar-refractivity contribution >= 4 is 17.7 Å². The molecule has 2 saturated carbocycles. The highest BCUT2D eigenvalue weighted by Crippen LogP contribution is 2.40. The summed E-state index contributed by atoms with van der Waals surface area (Å²) < 4.78 is 0. The average molecular weight is 371 g/mol. The van der Waals surface area contributed by atoms with Crippen molar-refractivity contribution in [3.8, 4) is 0 Å². The molecule has 0 bridgehead atoms. The first-order chi connectivity index (χ1) is 12.0. The smallest absolute Gasteiger partial charge is 0.306 e. The molecule has 0 amide bonds. The molecule has 0 aromatic carbocycles. The van der Waals surface area contributed by atoms with E-state index in [0.717, 1.165) is 49.4 Å². The molecule has 0 spiro atoms. The van der Waals surface area contributed by atoms with Gasteiger partial charge >= 0.3 is 5.97 Å². The SMILES string of the molecule is CC1CC(C)C(CSC2NNNN2C2CCC(C(=O)O)CC2)C(C)C1. The van der Waals surface area contributed by atoms with Gasteiger partial charge in [0.1, 0.15) is 5.50 Å². The van der Waals surface area contributed by atoms with Crippen LogP contribution in [0.5, 0.6) is 0 Å². The largest absolute Gasteiger partial charge is 0.481 e. The van der Waals surface area contributed by atoms with Crippen molar-refractivity contribution in [1.29, 1.82) is 0 Å². The van der Waals surface area contributed by atoms with Crippen LogP contribution in [-0.4, -0.2) is 33.4 Å². The van der Waals surface area contributed by atoms with E-state index in [0.29, 0.717) is 6.04 Å². The maximum atomic E-state index is 11.2. The Hall–Kier alpha value is -0.340. The van der Waals surface area contributed by atoms with Gasteiger partial charge in [-0.3, -0.25) is 4.79 Å². The summed E-state index contributed by atoms with van der Waals surface area (Å²) in [5.41, 5.74) is 9.84. The van der Waals surface area contributed by atoms with Crippen LogP contribution < -0.4 is 16.5 Å². The lowest BCUT2D eigenvalue weighted by atomic mass is 9.70. The van der Waals surface area contributed by atoms with E-state index in [2.05, 4.69) is 42.3 Å². The van der Waals surface area contributed by atoms with Gasteiger partial charge in [0.2, 0.25) is 0 Å². The molecule has 6 nitrogen and oxygen atoms in total. The predicted octanol–water partition coefficient (Wildman–Crippen LogP) is 2.79. The maximum absolute atomic E-state index is 11.2. The summed E-state index contributed by atoms with van der Waals surface area (Å²) in [6.45, 7) is 7.22. The van der Waals surface area contributed by atoms with Crippen LogP contribution in [0, 0.1) is 29.6 Å². The molecule has 3 unspecified atom stereocenters. The number of hydrogen-bond acceptors (Lipinski definition) is 6. The lowest BCUT2D eigenvalue weighted by Gasteiger charge is -2.39. The molecule has 0 radical (unpaired) electrons. The standard InChI is InChI=1S/C18H34N4O2S/c1-11-8-12(2)16(13(3)9-11)10-25-18-19-20-21-22(18)15-6-4-14(5-7-15)17(23)24/h11-16,18-21H,4-10H2,1-3H3,(H,23,24). The van der Waals surface area contributed by atoms with Gasteiger partial charge in [-0.05, 0) is 67.9 Å². The Morgan fingerprint density at radius 2 is 1.76 bits per heavy atom. The number of thioether (sulfide) groups is 1. The van der Waals surface area contributed by atoms with Crippen LogP contribution in [0.25, 0.3) is 0 Å². The lowest BCUT2D eigenvalue weighted by Crippen LogP contribution is -2.48. The van der Waals surface area contributed by atoms with Crippen molar-refractivity contribution in [2.75, 3.05) is 5.75 Å². The second kappa shape index (κ2) is 8.57. The van der Waals surface area contributed by atoms with Crippen LogP contribution in [0.4, 0.5) is 0 Å². The summed E-state index contributed by atoms with van der Waals surface area (Å²) >= 11 is 1.98. The zero-order valence-corrected chi connectivity index (χ0v) is 16.5. The number of nitrogens with zero attached hydrogens (tertiary/aromatic N) is 1. The molecule has 3 atom stereocenters. The summed E-state index contributed by atoms with van der Waals surface area (Å²) in [5, 5.41) is 11.4. The first-order valence-corrected chi connectivity index (χ1v) is 10.9. The van der Waals surface area contributed by atoms with Gasteiger partial charge in [0.25, 0.3) is 0 Å². The number of nitrogens with one attached hydrogen (secondary N) is 3. The molecule has 144 valence electrons. The van der Waals surface area contributed by atoms with E-state index >= 15 is 0 Å². The van der Waals surface area contributed by atoms with Gasteiger partial charge in [0.05, 0.1) is 5.92 Å². The van der Waals surface area contributed by atoms with Crippen LogP contribution >= 0.6 is 11.8 Å². The quantitative estimate of drug-likeness (QED) is 0.593. The minimum Gasteiger partial charge on any atom is -0.481 e. The summed E-state index contributed by atoms with van der Waals surface area (Å²) in [7, 11) is 0. The Morgan fingerprint density at radius 1 is 1.12 bits per heavy atom. The number of hydrogen-bond donors (Lipinski definition) is 4. The number of aliphatic carboxylic acids is 1. The van der Waals surface area contributed by atoms with E-state index < -0.39 is 5.97 Å². The number of carboxylic acid groups (broad SMARTS) is 1. The highest BCUT2D eigenvalue weighted by atomic mass is 32.2. The van der Waals surface area contributed by atoms with Gasteiger partial charge in [-0.25, -0.2) is 5.43 Å². The number of hydrazine groups is 3. The summed E-state index contributed by atoms with van der Waals surface area (Å²) in [6, 6.07) is 0.400. The van der Waals surface area contributed by atoms with E-state index in [4.69, 9.17) is 0 Å². The first kappa shape index (κ1) is 19.4. The second-order valence-electron chi connectivity index (χ2n) is 8.51. The average Bonchev–Trinajstić information content (AvgIpc) is 3.02. The minimum absolute atomic E-state index is 0.156. The zero-order chi connectivity index (χ0) is 18.0. The molecule has 3 fully saturated rings. The zero-order valence-electron chi connectivity index (χ0n) is 15.7. The molecule has 3 aliphatic rings. The third kappa shape index (κ3) is 4.69. The second-order valence-corrected chi connectivity index (χ2v) is 9.63. The van der Waals surface area contributed by atoms with E-state index in [1.54, 1.807) is 0 Å². The van der Waals surface area contributed by atoms with E-state index in [9.17, 15) is 9.90 Å². The fourth-order valence-corrected chi connectivity index (χ4v) is 6.69. The summed E-state index contributed by atoms with van der Waals surface area (Å²) in [4.78, 5) is 11.2. The fourth-order valence-electron chi connectivity index (χ4n) is 5.10. The Labute approximate surface area is 155 Å². The van der Waals surface area contributed by atoms with Crippen LogP contribution in [-0.2, 0) is 4.79 Å². The third-order valence-corrected chi connectivity index (χ3v) is 7.77. The van der Waals surface area contributed by atoms with Gasteiger partial charge in [-0.1, -0.05) is 20.8 Å². The molecule has 0 aromatic rings. The maximum Gasteiger partial charge on any atom is 0.306 e. The topological polar surface area (TPSA) is 76.6 Å². The van der Waals surface area contributed by atoms with Gasteiger partial charge in [0, 0.05) is 6.04 Å². The Balaban J connectivity index is 1.50. The Kier molecular flexibility index (Phi) is 6.65. The van der Waals surface area contributed by atoms with Crippen LogP contribution in [0.15, 0.2) is 0 Å². The van der Waals surface area contributed by atoms with Crippen LogP contribution in [0.2, 0.25) is 0 Å². The molecule has 7 heteroatoms. The Bertz CT molecular complexity index is 446. The van der Waals surface area contributed by atoms with E-state index in [1.807, 2.05) is 11.8 Å². The fraction of sp³-hybridized carbons (Fsp3) is 0.944. The van der Waals surface area contributed by atoms with Crippen LogP contribution in [0.3, 0.4) is 0 Å². The van der Waals surface area contributed by atoms with Crippen molar-refractivity contribution in [3.05, 3.63) is 0 Å². The summed E-state index contributed by atoms with van der Waals surface area (Å²) in [6.07, 6.45) is 6.16. The Morgan fingerprint density at radius 3 is 2.36 bits per heavy atom. The molecule has 0 aromatic heterocycles. The molecule has 1 aliphatic heterocycles. The number of carboxylic acids is 1. The number of rotatable bonds is 5. The molecular formula is C18H34N4O2S. The monoisotopic (exact) mass is 370 g/mol. The third-order valence-electron chi connectivity index (χ3n) is 6.53. The predicted molar refractivity (Wildman–Crippen MR) is 101 cm³/mol.